The van der Waals surface area contributed by atoms with Gasteiger partial charge in [-0.05, 0) is 40.8 Å². The van der Waals surface area contributed by atoms with Crippen LogP contribution < -0.4 is 21.5 Å². The molecule has 1 aromatic heterocycles. The highest BCUT2D eigenvalue weighted by atomic mass is 19.3. The Hall–Kier alpha value is -4.94. The van der Waals surface area contributed by atoms with E-state index in [0.717, 1.165) is 19.2 Å². The predicted molar refractivity (Wildman–Crippen MR) is 147 cm³/mol. The van der Waals surface area contributed by atoms with Crippen molar-refractivity contribution in [3.05, 3.63) is 88.0 Å². The molecule has 0 aliphatic heterocycles. The van der Waals surface area contributed by atoms with Crippen LogP contribution in [0.2, 0.25) is 0 Å². The zero-order valence-electron chi connectivity index (χ0n) is 22.9. The second-order valence-electron chi connectivity index (χ2n) is 9.61. The van der Waals surface area contributed by atoms with E-state index >= 15 is 0 Å². The lowest BCUT2D eigenvalue weighted by Gasteiger charge is -2.25. The number of ether oxygens (including phenoxy) is 1. The van der Waals surface area contributed by atoms with Crippen LogP contribution >= 0.6 is 0 Å². The first-order valence-electron chi connectivity index (χ1n) is 12.7. The quantitative estimate of drug-likeness (QED) is 0.253. The summed E-state index contributed by atoms with van der Waals surface area (Å²) in [6, 6.07) is 13.0. The molecule has 1 heterocycles. The number of methoxy groups -OCH3 is 1. The van der Waals surface area contributed by atoms with Crippen LogP contribution in [0.5, 0.6) is 0 Å². The van der Waals surface area contributed by atoms with Crippen molar-refractivity contribution in [3.8, 4) is 11.3 Å². The molecule has 3 amide bonds. The molecular formula is C29H29F3N4O6. The number of H-pyrrole nitrogens is 1. The SMILES string of the molecule is COC(=O)Nc1c(CC(=O)NC(C(=O)C(F)(F)C(=O)NCc2ccc(F)cc2)C(C)C)cc(-c2ccccc2)[nH]c1=O. The van der Waals surface area contributed by atoms with Gasteiger partial charge in [0, 0.05) is 12.2 Å². The molecule has 13 heteroatoms. The number of alkyl halides is 2. The first kappa shape index (κ1) is 31.6. The van der Waals surface area contributed by atoms with Gasteiger partial charge in [0.05, 0.1) is 19.6 Å². The van der Waals surface area contributed by atoms with Crippen molar-refractivity contribution < 1.29 is 37.1 Å². The largest absolute Gasteiger partial charge is 0.453 e. The van der Waals surface area contributed by atoms with Crippen LogP contribution in [0.1, 0.15) is 25.0 Å². The molecule has 1 unspecified atom stereocenters. The summed E-state index contributed by atoms with van der Waals surface area (Å²) in [5, 5.41) is 6.42. The first-order valence-corrected chi connectivity index (χ1v) is 12.7. The Kier molecular flexibility index (Phi) is 10.2. The maximum atomic E-state index is 14.9. The number of pyridine rings is 1. The van der Waals surface area contributed by atoms with E-state index in [0.29, 0.717) is 16.8 Å². The number of aromatic nitrogens is 1. The van der Waals surface area contributed by atoms with E-state index < -0.39 is 59.4 Å². The Morgan fingerprint density at radius 1 is 1.00 bits per heavy atom. The molecule has 1 atom stereocenters. The van der Waals surface area contributed by atoms with Gasteiger partial charge in [0.2, 0.25) is 11.7 Å². The zero-order chi connectivity index (χ0) is 31.0. The molecule has 0 aliphatic rings. The summed E-state index contributed by atoms with van der Waals surface area (Å²) in [4.78, 5) is 65.4. The van der Waals surface area contributed by atoms with Gasteiger partial charge in [-0.3, -0.25) is 24.5 Å². The van der Waals surface area contributed by atoms with Crippen LogP contribution in [0.25, 0.3) is 11.3 Å². The van der Waals surface area contributed by atoms with Crippen molar-refractivity contribution in [2.45, 2.75) is 38.8 Å². The fourth-order valence-electron chi connectivity index (χ4n) is 3.95. The Morgan fingerprint density at radius 3 is 2.24 bits per heavy atom. The number of nitrogens with one attached hydrogen (secondary N) is 4. The summed E-state index contributed by atoms with van der Waals surface area (Å²) in [6.07, 6.45) is -1.59. The fraction of sp³-hybridized carbons (Fsp3) is 0.276. The molecule has 3 rings (SSSR count). The highest BCUT2D eigenvalue weighted by Gasteiger charge is 2.51. The van der Waals surface area contributed by atoms with Crippen LogP contribution in [0.3, 0.4) is 0 Å². The Balaban J connectivity index is 1.81. The molecule has 10 nitrogen and oxygen atoms in total. The number of amides is 3. The maximum Gasteiger partial charge on any atom is 0.411 e. The molecule has 0 radical (unpaired) electrons. The number of rotatable bonds is 11. The number of Topliss-reactive ketones (excluding diaryl/α,β-unsaturated/α-hetero) is 1. The van der Waals surface area contributed by atoms with Crippen LogP contribution in [0.15, 0.2) is 65.5 Å². The number of carbonyl (C=O) groups is 4. The molecule has 0 saturated heterocycles. The van der Waals surface area contributed by atoms with Gasteiger partial charge in [-0.2, -0.15) is 8.78 Å². The standard InChI is InChI=1S/C29H29F3N4O6/c1-16(2)23(25(38)29(31,32)27(40)33-15-17-9-11-20(30)12-10-17)35-22(37)14-19-13-21(18-7-5-4-6-8-18)34-26(39)24(19)36-28(41)42-3/h4-13,16,23H,14-15H2,1-3H3,(H,33,40)(H,34,39)(H,35,37)(H,36,41). The van der Waals surface area contributed by atoms with E-state index in [1.807, 2.05) is 5.32 Å². The van der Waals surface area contributed by atoms with Crippen molar-refractivity contribution in [2.75, 3.05) is 12.4 Å². The smallest absolute Gasteiger partial charge is 0.411 e. The molecule has 222 valence electrons. The van der Waals surface area contributed by atoms with E-state index in [-0.39, 0.29) is 17.8 Å². The van der Waals surface area contributed by atoms with Crippen LogP contribution in [0.4, 0.5) is 23.7 Å². The lowest BCUT2D eigenvalue weighted by molar-refractivity contribution is -0.161. The number of hydrogen-bond donors (Lipinski definition) is 4. The maximum absolute atomic E-state index is 14.9. The highest BCUT2D eigenvalue weighted by molar-refractivity contribution is 6.10. The number of halogens is 3. The van der Waals surface area contributed by atoms with Gasteiger partial charge in [0.25, 0.3) is 11.5 Å². The lowest BCUT2D eigenvalue weighted by Crippen LogP contribution is -2.56. The second-order valence-corrected chi connectivity index (χ2v) is 9.61. The molecule has 0 fully saturated rings. The Morgan fingerprint density at radius 2 is 1.64 bits per heavy atom. The summed E-state index contributed by atoms with van der Waals surface area (Å²) in [5.74, 6) is -10.6. The number of aromatic amines is 1. The minimum atomic E-state index is -4.51. The molecule has 2 aromatic carbocycles. The molecular weight excluding hydrogens is 557 g/mol. The van der Waals surface area contributed by atoms with E-state index in [9.17, 15) is 37.1 Å². The minimum absolute atomic E-state index is 0.0132. The van der Waals surface area contributed by atoms with Gasteiger partial charge >= 0.3 is 12.0 Å². The normalized spacial score (nSPS) is 11.9. The topological polar surface area (TPSA) is 146 Å². The van der Waals surface area contributed by atoms with Gasteiger partial charge in [-0.25, -0.2) is 9.18 Å². The van der Waals surface area contributed by atoms with Crippen molar-refractivity contribution in [2.24, 2.45) is 5.92 Å². The van der Waals surface area contributed by atoms with Gasteiger partial charge in [0.1, 0.15) is 11.5 Å². The third-order valence-corrected chi connectivity index (χ3v) is 6.19. The summed E-state index contributed by atoms with van der Waals surface area (Å²) >= 11 is 0. The van der Waals surface area contributed by atoms with E-state index in [1.54, 1.807) is 30.3 Å². The number of carbonyl (C=O) groups excluding carboxylic acids is 4. The predicted octanol–water partition coefficient (Wildman–Crippen LogP) is 3.56. The number of ketones is 1. The summed E-state index contributed by atoms with van der Waals surface area (Å²) in [7, 11) is 1.07. The zero-order valence-corrected chi connectivity index (χ0v) is 22.9. The summed E-state index contributed by atoms with van der Waals surface area (Å²) in [6.45, 7) is 2.42. The number of anilines is 1. The average molecular weight is 587 g/mol. The molecule has 3 aromatic rings. The summed E-state index contributed by atoms with van der Waals surface area (Å²) in [5.41, 5.74) is 0.159. The third kappa shape index (κ3) is 7.83. The molecule has 0 spiro atoms. The van der Waals surface area contributed by atoms with Crippen molar-refractivity contribution in [1.82, 2.24) is 15.6 Å². The highest BCUT2D eigenvalue weighted by Crippen LogP contribution is 2.23. The van der Waals surface area contributed by atoms with Gasteiger partial charge in [-0.15, -0.1) is 0 Å². The number of hydrogen-bond acceptors (Lipinski definition) is 6. The van der Waals surface area contributed by atoms with Crippen LogP contribution in [0, 0.1) is 11.7 Å². The molecule has 0 bridgehead atoms. The monoisotopic (exact) mass is 586 g/mol. The van der Waals surface area contributed by atoms with Crippen molar-refractivity contribution in [3.63, 3.8) is 0 Å². The van der Waals surface area contributed by atoms with E-state index in [1.165, 1.54) is 32.0 Å². The first-order chi connectivity index (χ1) is 19.8. The molecule has 0 aliphatic carbocycles. The Labute approximate surface area is 238 Å². The minimum Gasteiger partial charge on any atom is -0.453 e. The lowest BCUT2D eigenvalue weighted by atomic mass is 9.94. The van der Waals surface area contributed by atoms with Gasteiger partial charge < -0.3 is 20.4 Å². The number of benzene rings is 2. The Bertz CT molecular complexity index is 1510. The molecule has 42 heavy (non-hydrogen) atoms. The van der Waals surface area contributed by atoms with Crippen LogP contribution in [-0.2, 0) is 32.1 Å². The fourth-order valence-corrected chi connectivity index (χ4v) is 3.95. The molecule has 0 saturated carbocycles. The van der Waals surface area contributed by atoms with E-state index in [2.05, 4.69) is 20.4 Å². The third-order valence-electron chi connectivity index (χ3n) is 6.19. The molecule has 4 N–H and O–H groups in total. The van der Waals surface area contributed by atoms with Crippen molar-refractivity contribution in [1.29, 1.82) is 0 Å². The summed E-state index contributed by atoms with van der Waals surface area (Å²) < 4.78 is 47.5. The average Bonchev–Trinajstić information content (AvgIpc) is 2.96. The van der Waals surface area contributed by atoms with Gasteiger partial charge in [-0.1, -0.05) is 56.3 Å². The van der Waals surface area contributed by atoms with E-state index in [4.69, 9.17) is 0 Å². The van der Waals surface area contributed by atoms with Crippen molar-refractivity contribution >= 4 is 29.4 Å². The van der Waals surface area contributed by atoms with Gasteiger partial charge in [0.15, 0.2) is 0 Å². The van der Waals surface area contributed by atoms with Crippen LogP contribution in [-0.4, -0.2) is 47.7 Å². The second kappa shape index (κ2) is 13.6.